The molecule has 3 nitrogen and oxygen atoms in total. The number of hydrogen-bond acceptors (Lipinski definition) is 3. The molecule has 0 saturated carbocycles. The molecule has 0 aromatic rings. The van der Waals surface area contributed by atoms with Gasteiger partial charge in [-0.2, -0.15) is 0 Å². The Morgan fingerprint density at radius 3 is 2.00 bits per heavy atom. The second kappa shape index (κ2) is 5.56. The molecule has 0 saturated heterocycles. The van der Waals surface area contributed by atoms with Crippen molar-refractivity contribution in [3.05, 3.63) is 0 Å². The van der Waals surface area contributed by atoms with E-state index in [1.54, 1.807) is 0 Å². The first-order valence-electron chi connectivity index (χ1n) is 3.60. The van der Waals surface area contributed by atoms with Gasteiger partial charge in [0.05, 0.1) is 7.11 Å². The molecule has 0 aliphatic carbocycles. The minimum absolute atomic E-state index is 0.150. The number of halogens is 3. The first kappa shape index (κ1) is 13.7. The van der Waals surface area contributed by atoms with Gasteiger partial charge in [0, 0.05) is 0 Å². The lowest BCUT2D eigenvalue weighted by atomic mass is 10.1. The van der Waals surface area contributed by atoms with Crippen LogP contribution in [-0.4, -0.2) is 21.5 Å². The van der Waals surface area contributed by atoms with Gasteiger partial charge in [0.25, 0.3) is 0 Å². The van der Waals surface area contributed by atoms with Crippen molar-refractivity contribution in [3.8, 4) is 0 Å². The quantitative estimate of drug-likeness (QED) is 0.540. The van der Waals surface area contributed by atoms with Crippen LogP contribution in [0.2, 0.25) is 0 Å². The molecule has 1 unspecified atom stereocenters. The second-order valence-corrected chi connectivity index (χ2v) is 9.72. The molecule has 0 spiro atoms. The summed E-state index contributed by atoms with van der Waals surface area (Å²) in [6.45, 7) is 3.87. The first-order chi connectivity index (χ1) is 5.79. The molecule has 0 aliphatic rings. The van der Waals surface area contributed by atoms with Crippen LogP contribution < -0.4 is 0 Å². The second-order valence-electron chi connectivity index (χ2n) is 2.78. The summed E-state index contributed by atoms with van der Waals surface area (Å²) in [6.07, 6.45) is -1.05. The maximum Gasteiger partial charge on any atom is 0.508 e. The van der Waals surface area contributed by atoms with E-state index in [0.29, 0.717) is 0 Å². The summed E-state index contributed by atoms with van der Waals surface area (Å²) in [6, 6.07) is 0. The Bertz CT molecular complexity index is 176. The molecule has 0 aromatic heterocycles. The van der Waals surface area contributed by atoms with E-state index in [4.69, 9.17) is 4.74 Å². The summed E-state index contributed by atoms with van der Waals surface area (Å²) < 4.78 is 8.81. The van der Waals surface area contributed by atoms with Crippen molar-refractivity contribution in [1.82, 2.24) is 0 Å². The van der Waals surface area contributed by atoms with Crippen LogP contribution in [0.3, 0.4) is 0 Å². The smallest absolute Gasteiger partial charge is 0.438 e. The summed E-state index contributed by atoms with van der Waals surface area (Å²) in [5, 5.41) is 0. The van der Waals surface area contributed by atoms with E-state index < -0.39 is 8.30 Å². The molecule has 0 amide bonds. The van der Waals surface area contributed by atoms with Crippen LogP contribution in [0.5, 0.6) is 0 Å². The molecule has 1 atom stereocenters. The van der Waals surface area contributed by atoms with Gasteiger partial charge < -0.3 is 9.47 Å². The molecular formula is C7H11Br3O3. The predicted octanol–water partition coefficient (Wildman–Crippen LogP) is 3.63. The highest BCUT2D eigenvalue weighted by Crippen LogP contribution is 2.41. The van der Waals surface area contributed by atoms with Crippen LogP contribution in [0.4, 0.5) is 4.79 Å². The molecular weight excluding hydrogens is 372 g/mol. The van der Waals surface area contributed by atoms with Crippen LogP contribution in [0.1, 0.15) is 13.8 Å². The van der Waals surface area contributed by atoms with Gasteiger partial charge in [-0.1, -0.05) is 61.6 Å². The maximum absolute atomic E-state index is 10.9. The van der Waals surface area contributed by atoms with Crippen molar-refractivity contribution >= 4 is 53.9 Å². The fourth-order valence-electron chi connectivity index (χ4n) is 0.733. The predicted molar refractivity (Wildman–Crippen MR) is 61.6 cm³/mol. The van der Waals surface area contributed by atoms with Crippen LogP contribution in [0.15, 0.2) is 0 Å². The monoisotopic (exact) mass is 380 g/mol. The number of carbonyl (C=O) groups is 1. The average molecular weight is 383 g/mol. The number of hydrogen-bond donors (Lipinski definition) is 0. The van der Waals surface area contributed by atoms with Gasteiger partial charge in [-0.25, -0.2) is 4.79 Å². The fraction of sp³-hybridized carbons (Fsp3) is 0.857. The third-order valence-corrected chi connectivity index (χ3v) is 2.67. The Labute approximate surface area is 103 Å². The zero-order valence-electron chi connectivity index (χ0n) is 7.51. The Morgan fingerprint density at radius 2 is 1.77 bits per heavy atom. The van der Waals surface area contributed by atoms with Gasteiger partial charge in [-0.15, -0.1) is 0 Å². The van der Waals surface area contributed by atoms with E-state index in [1.807, 2.05) is 13.8 Å². The van der Waals surface area contributed by atoms with E-state index >= 15 is 0 Å². The molecule has 0 bridgehead atoms. The van der Waals surface area contributed by atoms with Gasteiger partial charge >= 0.3 is 6.16 Å². The van der Waals surface area contributed by atoms with Crippen molar-refractivity contribution in [2.24, 2.45) is 5.92 Å². The summed E-state index contributed by atoms with van der Waals surface area (Å²) >= 11 is 9.91. The van der Waals surface area contributed by atoms with Crippen LogP contribution in [-0.2, 0) is 9.47 Å². The number of methoxy groups -OCH3 is 1. The maximum atomic E-state index is 10.9. The molecule has 13 heavy (non-hydrogen) atoms. The summed E-state index contributed by atoms with van der Waals surface area (Å²) in [7, 11) is 1.28. The highest BCUT2D eigenvalue weighted by molar-refractivity contribution is 9.39. The number of rotatable bonds is 2. The van der Waals surface area contributed by atoms with Crippen LogP contribution in [0.25, 0.3) is 0 Å². The van der Waals surface area contributed by atoms with Gasteiger partial charge in [-0.3, -0.25) is 0 Å². The molecule has 0 heterocycles. The van der Waals surface area contributed by atoms with Gasteiger partial charge in [0.2, 0.25) is 0 Å². The molecule has 0 N–H and O–H groups in total. The minimum Gasteiger partial charge on any atom is -0.438 e. The van der Waals surface area contributed by atoms with Crippen LogP contribution >= 0.6 is 47.8 Å². The average Bonchev–Trinajstić information content (AvgIpc) is 1.96. The van der Waals surface area contributed by atoms with E-state index in [1.165, 1.54) is 7.11 Å². The van der Waals surface area contributed by atoms with Gasteiger partial charge in [0.15, 0.2) is 2.14 Å². The van der Waals surface area contributed by atoms with Crippen LogP contribution in [0, 0.1) is 5.92 Å². The highest BCUT2D eigenvalue weighted by atomic mass is 80.0. The SMILES string of the molecule is COC(=O)OC(C(C)C)C(Br)(Br)Br. The molecule has 6 heteroatoms. The molecule has 0 rings (SSSR count). The largest absolute Gasteiger partial charge is 0.508 e. The summed E-state index contributed by atoms with van der Waals surface area (Å²) in [4.78, 5) is 10.9. The lowest BCUT2D eigenvalue weighted by molar-refractivity contribution is 0.0249. The van der Waals surface area contributed by atoms with E-state index in [9.17, 15) is 4.79 Å². The molecule has 78 valence electrons. The number of alkyl halides is 3. The first-order valence-corrected chi connectivity index (χ1v) is 5.98. The van der Waals surface area contributed by atoms with Crippen molar-refractivity contribution < 1.29 is 14.3 Å². The fourth-order valence-corrected chi connectivity index (χ4v) is 2.60. The van der Waals surface area contributed by atoms with E-state index in [0.717, 1.165) is 0 Å². The minimum atomic E-state index is -0.693. The Balaban J connectivity index is 4.36. The third-order valence-electron chi connectivity index (χ3n) is 1.32. The zero-order valence-corrected chi connectivity index (χ0v) is 12.3. The van der Waals surface area contributed by atoms with Gasteiger partial charge in [0.1, 0.15) is 6.10 Å². The van der Waals surface area contributed by atoms with Crippen molar-refractivity contribution in [3.63, 3.8) is 0 Å². The standard InChI is InChI=1S/C7H11Br3O3/c1-4(2)5(7(8,9)10)13-6(11)12-3/h4-5H,1-3H3. The highest BCUT2D eigenvalue weighted by Gasteiger charge is 2.36. The Morgan fingerprint density at radius 1 is 1.31 bits per heavy atom. The molecule has 0 aromatic carbocycles. The van der Waals surface area contributed by atoms with Crippen molar-refractivity contribution in [1.29, 1.82) is 0 Å². The zero-order chi connectivity index (χ0) is 10.6. The number of carbonyl (C=O) groups excluding carboxylic acids is 1. The molecule has 0 radical (unpaired) electrons. The lowest BCUT2D eigenvalue weighted by Crippen LogP contribution is -2.34. The molecule has 0 fully saturated rings. The molecule has 0 aliphatic heterocycles. The van der Waals surface area contributed by atoms with Gasteiger partial charge in [-0.05, 0) is 5.92 Å². The van der Waals surface area contributed by atoms with Crippen molar-refractivity contribution in [2.45, 2.75) is 22.1 Å². The normalized spacial score (nSPS) is 14.1. The Hall–Kier alpha value is 0.710. The summed E-state index contributed by atoms with van der Waals surface area (Å²) in [5.41, 5.74) is 0. The van der Waals surface area contributed by atoms with Crippen molar-refractivity contribution in [2.75, 3.05) is 7.11 Å². The topological polar surface area (TPSA) is 35.5 Å². The Kier molecular flexibility index (Phi) is 5.86. The lowest BCUT2D eigenvalue weighted by Gasteiger charge is -2.27. The summed E-state index contributed by atoms with van der Waals surface area (Å²) in [5.74, 6) is 0.150. The van der Waals surface area contributed by atoms with E-state index in [2.05, 4.69) is 52.5 Å². The third kappa shape index (κ3) is 5.22. The van der Waals surface area contributed by atoms with E-state index in [-0.39, 0.29) is 12.0 Å². The number of ether oxygens (including phenoxy) is 2.